The molecular weight excluding hydrogens is 278 g/mol. The Morgan fingerprint density at radius 2 is 2.05 bits per heavy atom. The van der Waals surface area contributed by atoms with E-state index in [1.54, 1.807) is 12.3 Å². The molecule has 0 saturated heterocycles. The van der Waals surface area contributed by atoms with Crippen LogP contribution in [0, 0.1) is 5.92 Å². The molecular formula is C14H21NO4S. The Bertz CT molecular complexity index is 444. The summed E-state index contributed by atoms with van der Waals surface area (Å²) in [6.07, 6.45) is 2.57. The second kappa shape index (κ2) is 8.68. The number of thiazole rings is 1. The van der Waals surface area contributed by atoms with Gasteiger partial charge in [-0.25, -0.2) is 9.78 Å². The molecule has 1 aromatic heterocycles. The minimum Gasteiger partial charge on any atom is -0.461 e. The minimum absolute atomic E-state index is 0.0514. The summed E-state index contributed by atoms with van der Waals surface area (Å²) in [5.74, 6) is -0.689. The molecule has 0 bridgehead atoms. The van der Waals surface area contributed by atoms with E-state index in [2.05, 4.69) is 4.98 Å². The highest BCUT2D eigenvalue weighted by molar-refractivity contribution is 7.09. The molecule has 0 N–H and O–H groups in total. The zero-order chi connectivity index (χ0) is 15.0. The Kier molecular flexibility index (Phi) is 7.22. The van der Waals surface area contributed by atoms with Gasteiger partial charge in [-0.2, -0.15) is 0 Å². The van der Waals surface area contributed by atoms with Crippen LogP contribution < -0.4 is 0 Å². The van der Waals surface area contributed by atoms with Crippen LogP contribution in [0.25, 0.3) is 0 Å². The van der Waals surface area contributed by atoms with Crippen LogP contribution in [0.3, 0.4) is 0 Å². The molecule has 0 aliphatic heterocycles. The van der Waals surface area contributed by atoms with E-state index in [-0.39, 0.29) is 24.2 Å². The zero-order valence-corrected chi connectivity index (χ0v) is 13.0. The summed E-state index contributed by atoms with van der Waals surface area (Å²) >= 11 is 1.29. The molecule has 0 amide bonds. The van der Waals surface area contributed by atoms with Gasteiger partial charge in [-0.05, 0) is 19.8 Å². The molecule has 1 rings (SSSR count). The van der Waals surface area contributed by atoms with E-state index < -0.39 is 5.97 Å². The van der Waals surface area contributed by atoms with Gasteiger partial charge < -0.3 is 9.47 Å². The Morgan fingerprint density at radius 1 is 1.30 bits per heavy atom. The third kappa shape index (κ3) is 4.92. The third-order valence-corrected chi connectivity index (χ3v) is 3.66. The summed E-state index contributed by atoms with van der Waals surface area (Å²) in [7, 11) is 0. The second-order valence-corrected chi connectivity index (χ2v) is 5.29. The maximum Gasteiger partial charge on any atom is 0.357 e. The molecule has 6 heteroatoms. The fourth-order valence-corrected chi connectivity index (χ4v) is 2.44. The largest absolute Gasteiger partial charge is 0.461 e. The van der Waals surface area contributed by atoms with Crippen molar-refractivity contribution in [3.63, 3.8) is 0 Å². The summed E-state index contributed by atoms with van der Waals surface area (Å²) in [5, 5.41) is 2.22. The number of aromatic nitrogens is 1. The first-order valence-corrected chi connectivity index (χ1v) is 7.78. The smallest absolute Gasteiger partial charge is 0.357 e. The van der Waals surface area contributed by atoms with E-state index in [9.17, 15) is 9.59 Å². The van der Waals surface area contributed by atoms with Gasteiger partial charge in [0.1, 0.15) is 11.6 Å². The van der Waals surface area contributed by atoms with Crippen LogP contribution in [0.4, 0.5) is 0 Å². The van der Waals surface area contributed by atoms with E-state index in [0.717, 1.165) is 19.3 Å². The van der Waals surface area contributed by atoms with Crippen molar-refractivity contribution in [2.75, 3.05) is 6.61 Å². The second-order valence-electron chi connectivity index (χ2n) is 4.35. The number of rotatable bonds is 8. The Labute approximate surface area is 123 Å². The van der Waals surface area contributed by atoms with Crippen LogP contribution in [-0.2, 0) is 20.9 Å². The first-order valence-electron chi connectivity index (χ1n) is 6.90. The highest BCUT2D eigenvalue weighted by Gasteiger charge is 2.18. The van der Waals surface area contributed by atoms with E-state index in [1.165, 1.54) is 11.3 Å². The molecule has 0 aliphatic carbocycles. The van der Waals surface area contributed by atoms with Gasteiger partial charge in [-0.15, -0.1) is 11.3 Å². The van der Waals surface area contributed by atoms with Gasteiger partial charge >= 0.3 is 11.9 Å². The molecule has 0 aromatic carbocycles. The molecule has 1 aromatic rings. The highest BCUT2D eigenvalue weighted by Crippen LogP contribution is 2.16. The normalized spacial score (nSPS) is 11.9. The van der Waals surface area contributed by atoms with Crippen molar-refractivity contribution in [3.05, 3.63) is 16.1 Å². The predicted octanol–water partition coefficient (Wildman–Crippen LogP) is 3.19. The Balaban J connectivity index is 2.49. The van der Waals surface area contributed by atoms with Crippen molar-refractivity contribution in [1.82, 2.24) is 4.98 Å². The predicted molar refractivity (Wildman–Crippen MR) is 76.6 cm³/mol. The van der Waals surface area contributed by atoms with Gasteiger partial charge in [0.15, 0.2) is 5.69 Å². The first-order chi connectivity index (χ1) is 9.62. The van der Waals surface area contributed by atoms with Crippen LogP contribution in [-0.4, -0.2) is 23.5 Å². The van der Waals surface area contributed by atoms with E-state index in [4.69, 9.17) is 9.47 Å². The van der Waals surface area contributed by atoms with Crippen molar-refractivity contribution in [1.29, 1.82) is 0 Å². The number of hydrogen-bond donors (Lipinski definition) is 0. The van der Waals surface area contributed by atoms with Crippen molar-refractivity contribution in [3.8, 4) is 0 Å². The van der Waals surface area contributed by atoms with Gasteiger partial charge in [-0.3, -0.25) is 4.79 Å². The van der Waals surface area contributed by atoms with Crippen LogP contribution in [0.5, 0.6) is 0 Å². The molecule has 5 nitrogen and oxygen atoms in total. The average molecular weight is 299 g/mol. The highest BCUT2D eigenvalue weighted by atomic mass is 32.1. The van der Waals surface area contributed by atoms with Crippen molar-refractivity contribution in [2.45, 2.75) is 46.6 Å². The summed E-state index contributed by atoms with van der Waals surface area (Å²) in [5.41, 5.74) is 0.267. The molecule has 0 saturated carbocycles. The number of nitrogens with zero attached hydrogens (tertiary/aromatic N) is 1. The molecule has 0 radical (unpaired) electrons. The topological polar surface area (TPSA) is 65.5 Å². The third-order valence-electron chi connectivity index (χ3n) is 2.84. The molecule has 0 spiro atoms. The van der Waals surface area contributed by atoms with Crippen LogP contribution >= 0.6 is 11.3 Å². The quantitative estimate of drug-likeness (QED) is 0.690. The Hall–Kier alpha value is -1.43. The molecule has 1 heterocycles. The van der Waals surface area contributed by atoms with Gasteiger partial charge in [0.05, 0.1) is 12.5 Å². The maximum absolute atomic E-state index is 11.8. The van der Waals surface area contributed by atoms with Crippen molar-refractivity contribution >= 4 is 23.3 Å². The summed E-state index contributed by atoms with van der Waals surface area (Å²) in [4.78, 5) is 27.4. The number of hydrogen-bond acceptors (Lipinski definition) is 6. The number of ether oxygens (including phenoxy) is 2. The fraction of sp³-hybridized carbons (Fsp3) is 0.643. The fourth-order valence-electron chi connectivity index (χ4n) is 1.76. The molecule has 20 heavy (non-hydrogen) atoms. The van der Waals surface area contributed by atoms with Crippen molar-refractivity contribution < 1.29 is 19.1 Å². The molecule has 112 valence electrons. The van der Waals surface area contributed by atoms with E-state index in [0.29, 0.717) is 11.6 Å². The van der Waals surface area contributed by atoms with Gasteiger partial charge in [0, 0.05) is 5.38 Å². The van der Waals surface area contributed by atoms with Gasteiger partial charge in [-0.1, -0.05) is 20.3 Å². The monoisotopic (exact) mass is 299 g/mol. The Morgan fingerprint density at radius 3 is 2.65 bits per heavy atom. The standard InChI is InChI=1S/C14H21NO4S/c1-4-7-10(5-2)13(16)19-8-12-15-11(9-20-12)14(17)18-6-3/h9-10H,4-8H2,1-3H3. The number of esters is 2. The molecule has 1 atom stereocenters. The SMILES string of the molecule is CCCC(CC)C(=O)OCc1nc(C(=O)OCC)cs1. The lowest BCUT2D eigenvalue weighted by molar-refractivity contribution is -0.150. The van der Waals surface area contributed by atoms with E-state index >= 15 is 0 Å². The zero-order valence-electron chi connectivity index (χ0n) is 12.2. The van der Waals surface area contributed by atoms with Crippen LogP contribution in [0.2, 0.25) is 0 Å². The number of carbonyl (C=O) groups excluding carboxylic acids is 2. The molecule has 0 aliphatic rings. The average Bonchev–Trinajstić information content (AvgIpc) is 2.91. The maximum atomic E-state index is 11.8. The summed E-state index contributed by atoms with van der Waals surface area (Å²) < 4.78 is 10.1. The lowest BCUT2D eigenvalue weighted by Crippen LogP contribution is -2.16. The first kappa shape index (κ1) is 16.6. The van der Waals surface area contributed by atoms with Crippen LogP contribution in [0.1, 0.15) is 55.5 Å². The summed E-state index contributed by atoms with van der Waals surface area (Å²) in [6.45, 7) is 6.19. The lowest BCUT2D eigenvalue weighted by atomic mass is 10.0. The summed E-state index contributed by atoms with van der Waals surface area (Å²) in [6, 6.07) is 0. The lowest BCUT2D eigenvalue weighted by Gasteiger charge is -2.12. The molecule has 0 fully saturated rings. The van der Waals surface area contributed by atoms with Gasteiger partial charge in [0.25, 0.3) is 0 Å². The number of carbonyl (C=O) groups is 2. The minimum atomic E-state index is -0.446. The van der Waals surface area contributed by atoms with E-state index in [1.807, 2.05) is 13.8 Å². The molecule has 1 unspecified atom stereocenters. The van der Waals surface area contributed by atoms with Gasteiger partial charge in [0.2, 0.25) is 0 Å². The van der Waals surface area contributed by atoms with Crippen LogP contribution in [0.15, 0.2) is 5.38 Å². The van der Waals surface area contributed by atoms with Crippen molar-refractivity contribution in [2.24, 2.45) is 5.92 Å².